The molecule has 0 saturated heterocycles. The van der Waals surface area contributed by atoms with Crippen LogP contribution in [0.25, 0.3) is 28.1 Å². The molecule has 2 aromatic carbocycles. The van der Waals surface area contributed by atoms with E-state index < -0.39 is 6.36 Å². The van der Waals surface area contributed by atoms with Crippen LogP contribution in [0.2, 0.25) is 0 Å². The van der Waals surface area contributed by atoms with Crippen LogP contribution in [0.3, 0.4) is 0 Å². The lowest BCUT2D eigenvalue weighted by molar-refractivity contribution is -0.274. The topological polar surface area (TPSA) is 64.3 Å². The van der Waals surface area contributed by atoms with Crippen LogP contribution in [0.15, 0.2) is 90.2 Å². The van der Waals surface area contributed by atoms with Crippen molar-refractivity contribution in [2.75, 3.05) is 5.32 Å². The zero-order chi connectivity index (χ0) is 25.3. The number of rotatable bonds is 5. The van der Waals surface area contributed by atoms with Crippen molar-refractivity contribution < 1.29 is 17.9 Å². The van der Waals surface area contributed by atoms with Crippen LogP contribution >= 0.6 is 0 Å². The fourth-order valence-electron chi connectivity index (χ4n) is 4.02. The molecular weight excluding hydrogens is 467 g/mol. The Kier molecular flexibility index (Phi) is 6.05. The van der Waals surface area contributed by atoms with Gasteiger partial charge in [-0.25, -0.2) is 4.98 Å². The summed E-state index contributed by atoms with van der Waals surface area (Å²) in [5.41, 5.74) is 4.80. The molecule has 182 valence electrons. The molecule has 0 spiro atoms. The van der Waals surface area contributed by atoms with Crippen LogP contribution in [-0.2, 0) is 0 Å². The highest BCUT2D eigenvalue weighted by Crippen LogP contribution is 2.32. The molecule has 0 saturated carbocycles. The Morgan fingerprint density at radius 3 is 2.56 bits per heavy atom. The zero-order valence-corrected chi connectivity index (χ0v) is 19.5. The van der Waals surface area contributed by atoms with Gasteiger partial charge in [0.15, 0.2) is 0 Å². The van der Waals surface area contributed by atoms with Crippen LogP contribution < -0.4 is 15.4 Å². The molecule has 0 atom stereocenters. The maximum Gasteiger partial charge on any atom is 0.573 e. The number of fused-ring (bicyclic) bond motifs is 2. The Morgan fingerprint density at radius 1 is 0.972 bits per heavy atom. The van der Waals surface area contributed by atoms with Crippen LogP contribution in [0, 0.1) is 0 Å². The minimum absolute atomic E-state index is 0.00211. The second kappa shape index (κ2) is 9.33. The fourth-order valence-corrected chi connectivity index (χ4v) is 4.02. The van der Waals surface area contributed by atoms with E-state index in [0.29, 0.717) is 27.9 Å². The highest BCUT2D eigenvalue weighted by molar-refractivity contribution is 5.84. The lowest BCUT2D eigenvalue weighted by atomic mass is 10.1. The molecule has 1 aromatic heterocycles. The number of hydrogen-bond acceptors (Lipinski definition) is 5. The van der Waals surface area contributed by atoms with Gasteiger partial charge in [-0.3, -0.25) is 9.98 Å². The van der Waals surface area contributed by atoms with Crippen molar-refractivity contribution in [3.8, 4) is 22.8 Å². The summed E-state index contributed by atoms with van der Waals surface area (Å²) in [7, 11) is 0. The summed E-state index contributed by atoms with van der Waals surface area (Å²) in [6.45, 7) is 3.95. The number of alkyl halides is 3. The molecule has 6 nitrogen and oxygen atoms in total. The van der Waals surface area contributed by atoms with E-state index in [1.165, 1.54) is 18.2 Å². The number of anilines is 2. The third kappa shape index (κ3) is 5.00. The molecule has 1 aliphatic carbocycles. The smallest absolute Gasteiger partial charge is 0.406 e. The van der Waals surface area contributed by atoms with Crippen LogP contribution in [-0.4, -0.2) is 26.9 Å². The van der Waals surface area contributed by atoms with Gasteiger partial charge in [0.05, 0.1) is 45.4 Å². The molecule has 5 rings (SSSR count). The molecule has 2 aliphatic rings. The average Bonchev–Trinajstić information content (AvgIpc) is 2.82. The quantitative estimate of drug-likeness (QED) is 0.287. The first-order valence-electron chi connectivity index (χ1n) is 11.3. The molecule has 36 heavy (non-hydrogen) atoms. The van der Waals surface area contributed by atoms with Gasteiger partial charge in [-0.2, -0.15) is 0 Å². The summed E-state index contributed by atoms with van der Waals surface area (Å²) in [6, 6.07) is 20.9. The van der Waals surface area contributed by atoms with E-state index in [0.717, 1.165) is 16.9 Å². The number of nitrogens with one attached hydrogen (secondary N) is 1. The molecule has 2 heterocycles. The van der Waals surface area contributed by atoms with Crippen molar-refractivity contribution in [1.29, 1.82) is 0 Å². The van der Waals surface area contributed by atoms with E-state index in [1.807, 2.05) is 66.9 Å². The fraction of sp³-hybridized carbons (Fsp3) is 0.148. The van der Waals surface area contributed by atoms with Crippen LogP contribution in [0.5, 0.6) is 5.75 Å². The minimum Gasteiger partial charge on any atom is -0.406 e. The summed E-state index contributed by atoms with van der Waals surface area (Å²) in [4.78, 5) is 13.8. The van der Waals surface area contributed by atoms with Gasteiger partial charge in [-0.1, -0.05) is 18.2 Å². The Bertz CT molecular complexity index is 1560. The number of benzene rings is 3. The van der Waals surface area contributed by atoms with Crippen molar-refractivity contribution in [3.05, 3.63) is 90.5 Å². The van der Waals surface area contributed by atoms with Crippen LogP contribution in [0.1, 0.15) is 13.8 Å². The van der Waals surface area contributed by atoms with Crippen molar-refractivity contribution in [2.45, 2.75) is 26.3 Å². The summed E-state index contributed by atoms with van der Waals surface area (Å²) in [5, 5.41) is 4.05. The number of halogens is 3. The first-order chi connectivity index (χ1) is 17.3. The molecule has 0 unspecified atom stereocenters. The van der Waals surface area contributed by atoms with Crippen LogP contribution in [0.4, 0.5) is 24.5 Å². The Labute approximate surface area is 205 Å². The molecule has 0 radical (unpaired) electrons. The molecular formula is C27H22F3N5O. The van der Waals surface area contributed by atoms with E-state index >= 15 is 0 Å². The first kappa shape index (κ1) is 23.3. The number of nitrogens with zero attached hydrogens (tertiary/aromatic N) is 4. The van der Waals surface area contributed by atoms with E-state index in [9.17, 15) is 13.2 Å². The van der Waals surface area contributed by atoms with E-state index in [1.54, 1.807) is 18.5 Å². The molecule has 9 heteroatoms. The molecule has 0 amide bonds. The highest BCUT2D eigenvalue weighted by Gasteiger charge is 2.31. The summed E-state index contributed by atoms with van der Waals surface area (Å²) in [5.74, 6) is -0.302. The van der Waals surface area contributed by atoms with E-state index in [4.69, 9.17) is 9.98 Å². The second-order valence-electron chi connectivity index (χ2n) is 8.43. The van der Waals surface area contributed by atoms with E-state index in [2.05, 4.69) is 15.0 Å². The van der Waals surface area contributed by atoms with Gasteiger partial charge in [-0.15, -0.1) is 13.2 Å². The van der Waals surface area contributed by atoms with Crippen molar-refractivity contribution in [3.63, 3.8) is 0 Å². The highest BCUT2D eigenvalue weighted by atomic mass is 19.4. The maximum absolute atomic E-state index is 12.9. The number of para-hydroxylation sites is 2. The molecule has 1 aliphatic heterocycles. The van der Waals surface area contributed by atoms with Gasteiger partial charge in [0.25, 0.3) is 0 Å². The van der Waals surface area contributed by atoms with E-state index in [-0.39, 0.29) is 11.8 Å². The predicted octanol–water partition coefficient (Wildman–Crippen LogP) is 6.48. The van der Waals surface area contributed by atoms with Gasteiger partial charge in [0.2, 0.25) is 0 Å². The van der Waals surface area contributed by atoms with Gasteiger partial charge in [0, 0.05) is 24.0 Å². The summed E-state index contributed by atoms with van der Waals surface area (Å²) < 4.78 is 44.8. The lowest BCUT2D eigenvalue weighted by Crippen LogP contribution is -2.18. The van der Waals surface area contributed by atoms with Crippen molar-refractivity contribution in [1.82, 2.24) is 14.5 Å². The van der Waals surface area contributed by atoms with Gasteiger partial charge < -0.3 is 14.6 Å². The third-order valence-electron chi connectivity index (χ3n) is 5.34. The summed E-state index contributed by atoms with van der Waals surface area (Å²) in [6.07, 6.45) is -1.39. The second-order valence-corrected chi connectivity index (χ2v) is 8.43. The summed E-state index contributed by atoms with van der Waals surface area (Å²) >= 11 is 0. The van der Waals surface area contributed by atoms with Crippen molar-refractivity contribution in [2.24, 2.45) is 4.99 Å². The molecule has 0 bridgehead atoms. The Balaban J connectivity index is 1.78. The number of hydrogen-bond donors (Lipinski definition) is 1. The van der Waals surface area contributed by atoms with Crippen molar-refractivity contribution >= 4 is 22.4 Å². The SMILES string of the molecule is CC(C)N=c1cc2n(-c3cccc(OC(F)(F)F)c3)c3ccccc3nc-2cc1Nc1cccnc1. The zero-order valence-electron chi connectivity index (χ0n) is 19.5. The van der Waals surface area contributed by atoms with Gasteiger partial charge >= 0.3 is 6.36 Å². The third-order valence-corrected chi connectivity index (χ3v) is 5.34. The molecule has 3 aromatic rings. The molecule has 0 fully saturated rings. The Morgan fingerprint density at radius 2 is 1.81 bits per heavy atom. The number of pyridine rings is 1. The minimum atomic E-state index is -4.79. The maximum atomic E-state index is 12.9. The average molecular weight is 490 g/mol. The number of aromatic nitrogens is 3. The standard InChI is InChI=1S/C27H22F3N5O/c1-17(2)32-23-15-26-24(14-22(23)33-18-7-6-12-31-16-18)34-21-10-3-4-11-25(21)35(26)19-8-5-9-20(13-19)36-27(28,29)30/h3-17,33H,1-2H3. The Hall–Kier alpha value is -4.40. The monoisotopic (exact) mass is 489 g/mol. The predicted molar refractivity (Wildman–Crippen MR) is 133 cm³/mol. The molecule has 1 N–H and O–H groups in total. The normalized spacial score (nSPS) is 12.4. The number of ether oxygens (including phenoxy) is 1. The van der Waals surface area contributed by atoms with Gasteiger partial charge in [0.1, 0.15) is 5.75 Å². The largest absolute Gasteiger partial charge is 0.573 e. The lowest BCUT2D eigenvalue weighted by Gasteiger charge is -2.21. The van der Waals surface area contributed by atoms with Gasteiger partial charge in [-0.05, 0) is 62.4 Å². The first-order valence-corrected chi connectivity index (χ1v) is 11.3.